The van der Waals surface area contributed by atoms with E-state index in [2.05, 4.69) is 4.98 Å². The number of aromatic nitrogens is 1. The topological polar surface area (TPSA) is 60.2 Å². The highest BCUT2D eigenvalue weighted by Gasteiger charge is 2.36. The Labute approximate surface area is 153 Å². The van der Waals surface area contributed by atoms with E-state index in [-0.39, 0.29) is 23.7 Å². The average molecular weight is 381 g/mol. The minimum Gasteiger partial charge on any atom is -0.510 e. The van der Waals surface area contributed by atoms with Crippen molar-refractivity contribution in [1.82, 2.24) is 9.88 Å². The Morgan fingerprint density at radius 2 is 1.92 bits per heavy atom. The zero-order valence-corrected chi connectivity index (χ0v) is 15.3. The molecule has 26 heavy (non-hydrogen) atoms. The summed E-state index contributed by atoms with van der Waals surface area (Å²) in [6, 6.07) is 4.96. The van der Waals surface area contributed by atoms with E-state index in [4.69, 9.17) is 5.41 Å². The van der Waals surface area contributed by atoms with Gasteiger partial charge in [-0.25, -0.2) is 4.98 Å². The quantitative estimate of drug-likeness (QED) is 0.753. The molecule has 0 saturated heterocycles. The minimum atomic E-state index is -4.42. The summed E-state index contributed by atoms with van der Waals surface area (Å²) in [5, 5.41) is 20.7. The SMILES string of the molecule is CC(C)(C)N1CC(O)=C(c2nc(-c3cccc(C(F)(F)F)c3)cs2)C1=N. The second-order valence-corrected chi connectivity index (χ2v) is 7.90. The van der Waals surface area contributed by atoms with Crippen molar-refractivity contribution in [2.75, 3.05) is 6.54 Å². The van der Waals surface area contributed by atoms with Gasteiger partial charge in [0.1, 0.15) is 16.6 Å². The van der Waals surface area contributed by atoms with Crippen molar-refractivity contribution in [3.63, 3.8) is 0 Å². The third-order valence-corrected chi connectivity index (χ3v) is 4.98. The number of thiazole rings is 1. The van der Waals surface area contributed by atoms with Crippen LogP contribution in [0.2, 0.25) is 0 Å². The van der Waals surface area contributed by atoms with Gasteiger partial charge in [-0.2, -0.15) is 13.2 Å². The molecule has 0 fully saturated rings. The zero-order valence-electron chi connectivity index (χ0n) is 14.5. The number of hydrogen-bond donors (Lipinski definition) is 2. The predicted octanol–water partition coefficient (Wildman–Crippen LogP) is 5.19. The Morgan fingerprint density at radius 1 is 1.23 bits per heavy atom. The fourth-order valence-corrected chi connectivity index (χ4v) is 3.65. The fourth-order valence-electron chi connectivity index (χ4n) is 2.75. The van der Waals surface area contributed by atoms with Gasteiger partial charge < -0.3 is 10.0 Å². The van der Waals surface area contributed by atoms with Crippen molar-refractivity contribution >= 4 is 22.7 Å². The van der Waals surface area contributed by atoms with Crippen molar-refractivity contribution in [1.29, 1.82) is 5.41 Å². The molecule has 4 nitrogen and oxygen atoms in total. The first-order chi connectivity index (χ1) is 12.0. The van der Waals surface area contributed by atoms with Gasteiger partial charge in [0.05, 0.1) is 23.4 Å². The van der Waals surface area contributed by atoms with E-state index in [1.165, 1.54) is 17.4 Å². The van der Waals surface area contributed by atoms with Crippen molar-refractivity contribution in [2.24, 2.45) is 0 Å². The molecule has 1 aromatic heterocycles. The van der Waals surface area contributed by atoms with E-state index in [9.17, 15) is 18.3 Å². The summed E-state index contributed by atoms with van der Waals surface area (Å²) in [4.78, 5) is 6.12. The van der Waals surface area contributed by atoms with E-state index < -0.39 is 11.7 Å². The summed E-state index contributed by atoms with van der Waals surface area (Å²) in [5.74, 6) is 0.217. The van der Waals surface area contributed by atoms with Gasteiger partial charge in [0.2, 0.25) is 0 Å². The van der Waals surface area contributed by atoms with Gasteiger partial charge in [-0.05, 0) is 32.9 Å². The number of halogens is 3. The number of amidine groups is 1. The molecule has 0 unspecified atom stereocenters. The maximum absolute atomic E-state index is 12.9. The van der Waals surface area contributed by atoms with Gasteiger partial charge >= 0.3 is 6.18 Å². The van der Waals surface area contributed by atoms with E-state index in [0.29, 0.717) is 21.8 Å². The van der Waals surface area contributed by atoms with Gasteiger partial charge in [0.15, 0.2) is 0 Å². The first-order valence-corrected chi connectivity index (χ1v) is 8.78. The normalized spacial score (nSPS) is 15.9. The number of nitrogens with zero attached hydrogens (tertiary/aromatic N) is 2. The van der Waals surface area contributed by atoms with Crippen LogP contribution in [0, 0.1) is 5.41 Å². The smallest absolute Gasteiger partial charge is 0.416 e. The van der Waals surface area contributed by atoms with Gasteiger partial charge in [-0.3, -0.25) is 5.41 Å². The number of aliphatic hydroxyl groups excluding tert-OH is 1. The van der Waals surface area contributed by atoms with E-state index in [1.54, 1.807) is 16.3 Å². The van der Waals surface area contributed by atoms with Crippen molar-refractivity contribution in [3.8, 4) is 11.3 Å². The van der Waals surface area contributed by atoms with Crippen molar-refractivity contribution in [2.45, 2.75) is 32.5 Å². The number of rotatable bonds is 2. The lowest BCUT2D eigenvalue weighted by Crippen LogP contribution is -2.43. The Kier molecular flexibility index (Phi) is 4.34. The average Bonchev–Trinajstić information content (AvgIpc) is 3.11. The lowest BCUT2D eigenvalue weighted by atomic mass is 10.1. The highest BCUT2D eigenvalue weighted by atomic mass is 32.1. The molecule has 138 valence electrons. The first-order valence-electron chi connectivity index (χ1n) is 7.90. The molecule has 0 spiro atoms. The number of benzene rings is 1. The predicted molar refractivity (Wildman–Crippen MR) is 96.3 cm³/mol. The molecular weight excluding hydrogens is 363 g/mol. The van der Waals surface area contributed by atoms with Gasteiger partial charge in [0, 0.05) is 16.5 Å². The molecule has 1 aliphatic rings. The molecule has 2 heterocycles. The number of nitrogens with one attached hydrogen (secondary N) is 1. The molecule has 0 atom stereocenters. The minimum absolute atomic E-state index is 0.0508. The Hall–Kier alpha value is -2.35. The van der Waals surface area contributed by atoms with E-state index in [1.807, 2.05) is 20.8 Å². The first kappa shape index (κ1) is 18.4. The van der Waals surface area contributed by atoms with Crippen LogP contribution in [0.4, 0.5) is 13.2 Å². The molecule has 0 saturated carbocycles. The number of aliphatic hydroxyl groups is 1. The van der Waals surface area contributed by atoms with Crippen LogP contribution in [0.25, 0.3) is 16.8 Å². The van der Waals surface area contributed by atoms with E-state index in [0.717, 1.165) is 12.1 Å². The van der Waals surface area contributed by atoms with Crippen LogP contribution in [0.5, 0.6) is 0 Å². The summed E-state index contributed by atoms with van der Waals surface area (Å²) >= 11 is 1.20. The Morgan fingerprint density at radius 3 is 2.50 bits per heavy atom. The van der Waals surface area contributed by atoms with Gasteiger partial charge in [-0.1, -0.05) is 12.1 Å². The number of alkyl halides is 3. The maximum atomic E-state index is 12.9. The van der Waals surface area contributed by atoms with Crippen LogP contribution in [-0.4, -0.2) is 32.9 Å². The molecule has 1 aliphatic heterocycles. The van der Waals surface area contributed by atoms with Gasteiger partial charge in [0.25, 0.3) is 0 Å². The molecule has 1 aromatic carbocycles. The summed E-state index contributed by atoms with van der Waals surface area (Å²) in [5.41, 5.74) is -0.00572. The van der Waals surface area contributed by atoms with E-state index >= 15 is 0 Å². The monoisotopic (exact) mass is 381 g/mol. The lowest BCUT2D eigenvalue weighted by molar-refractivity contribution is -0.137. The maximum Gasteiger partial charge on any atom is 0.416 e. The largest absolute Gasteiger partial charge is 0.510 e. The molecule has 0 radical (unpaired) electrons. The third-order valence-electron chi connectivity index (χ3n) is 4.12. The zero-order chi connectivity index (χ0) is 19.3. The second kappa shape index (κ2) is 6.12. The molecule has 0 aliphatic carbocycles. The summed E-state index contributed by atoms with van der Waals surface area (Å²) in [6.45, 7) is 6.03. The molecule has 2 N–H and O–H groups in total. The van der Waals surface area contributed by atoms with Crippen LogP contribution in [0.3, 0.4) is 0 Å². The van der Waals surface area contributed by atoms with Crippen LogP contribution in [0.15, 0.2) is 35.4 Å². The molecule has 0 amide bonds. The summed E-state index contributed by atoms with van der Waals surface area (Å²) in [6.07, 6.45) is -4.42. The van der Waals surface area contributed by atoms with Crippen LogP contribution >= 0.6 is 11.3 Å². The Balaban J connectivity index is 1.94. The second-order valence-electron chi connectivity index (χ2n) is 7.04. The Bertz CT molecular complexity index is 894. The third kappa shape index (κ3) is 3.33. The van der Waals surface area contributed by atoms with Crippen LogP contribution in [-0.2, 0) is 6.18 Å². The molecule has 0 bridgehead atoms. The lowest BCUT2D eigenvalue weighted by Gasteiger charge is -2.33. The van der Waals surface area contributed by atoms with Crippen molar-refractivity contribution < 1.29 is 18.3 Å². The van der Waals surface area contributed by atoms with Crippen LogP contribution in [0.1, 0.15) is 31.3 Å². The van der Waals surface area contributed by atoms with Crippen LogP contribution < -0.4 is 0 Å². The van der Waals surface area contributed by atoms with Crippen molar-refractivity contribution in [3.05, 3.63) is 46.0 Å². The standard InChI is InChI=1S/C18H18F3N3OS/c1-17(2,3)24-8-13(25)14(15(24)22)16-23-12(9-26-16)10-5-4-6-11(7-10)18(19,20)21/h4-7,9,22,25H,8H2,1-3H3. The number of hydrogen-bond acceptors (Lipinski definition) is 4. The highest BCUT2D eigenvalue weighted by Crippen LogP contribution is 2.36. The fraction of sp³-hybridized carbons (Fsp3) is 0.333. The summed E-state index contributed by atoms with van der Waals surface area (Å²) in [7, 11) is 0. The molecule has 8 heteroatoms. The molecule has 2 aromatic rings. The van der Waals surface area contributed by atoms with Gasteiger partial charge in [-0.15, -0.1) is 11.3 Å². The molecule has 3 rings (SSSR count). The highest BCUT2D eigenvalue weighted by molar-refractivity contribution is 7.11. The molecular formula is C18H18F3N3OS. The summed E-state index contributed by atoms with van der Waals surface area (Å²) < 4.78 is 38.7.